The van der Waals surface area contributed by atoms with Crippen molar-refractivity contribution in [1.82, 2.24) is 0 Å². The monoisotopic (exact) mass is 214 g/mol. The summed E-state index contributed by atoms with van der Waals surface area (Å²) < 4.78 is 0. The zero-order valence-corrected chi connectivity index (χ0v) is 6.99. The van der Waals surface area contributed by atoms with E-state index < -0.39 is 0 Å². The van der Waals surface area contributed by atoms with E-state index in [2.05, 4.69) is 0 Å². The molecular formula is H4LaLiO4. The van der Waals surface area contributed by atoms with Gasteiger partial charge in [-0.3, -0.25) is 0 Å². The minimum absolute atomic E-state index is 0. The van der Waals surface area contributed by atoms with Crippen LogP contribution in [0.4, 0.5) is 0 Å². The van der Waals surface area contributed by atoms with E-state index in [1.165, 1.54) is 0 Å². The summed E-state index contributed by atoms with van der Waals surface area (Å²) in [6, 6.07) is 0. The second-order valence-corrected chi connectivity index (χ2v) is 0. The van der Waals surface area contributed by atoms with Crippen molar-refractivity contribution in [2.24, 2.45) is 0 Å². The molecular weight excluding hydrogens is 210 g/mol. The first-order valence-corrected chi connectivity index (χ1v) is 0. The van der Waals surface area contributed by atoms with Gasteiger partial charge in [0.1, 0.15) is 0 Å². The van der Waals surface area contributed by atoms with Crippen molar-refractivity contribution in [2.45, 2.75) is 0 Å². The molecule has 0 aromatic rings. The van der Waals surface area contributed by atoms with Crippen LogP contribution in [-0.4, -0.2) is 21.9 Å². The van der Waals surface area contributed by atoms with E-state index in [-0.39, 0.29) is 76.4 Å². The van der Waals surface area contributed by atoms with Crippen molar-refractivity contribution >= 4 is 0 Å². The normalized spacial score (nSPS) is 0. The molecule has 0 rings (SSSR count). The topological polar surface area (TPSA) is 120 Å². The van der Waals surface area contributed by atoms with E-state index >= 15 is 0 Å². The quantitative estimate of drug-likeness (QED) is 0.385. The van der Waals surface area contributed by atoms with Crippen LogP contribution in [0.25, 0.3) is 0 Å². The zero-order chi connectivity index (χ0) is 0. The fourth-order valence-electron chi connectivity index (χ4n) is 0. The molecule has 0 saturated heterocycles. The summed E-state index contributed by atoms with van der Waals surface area (Å²) in [5.74, 6) is 0. The van der Waals surface area contributed by atoms with Crippen molar-refractivity contribution in [2.75, 3.05) is 0 Å². The van der Waals surface area contributed by atoms with Crippen LogP contribution in [0.15, 0.2) is 0 Å². The first kappa shape index (κ1) is 126. The Bertz CT molecular complexity index is 7.51. The van der Waals surface area contributed by atoms with Gasteiger partial charge < -0.3 is 21.9 Å². The van der Waals surface area contributed by atoms with Gasteiger partial charge in [-0.15, -0.1) is 0 Å². The van der Waals surface area contributed by atoms with Crippen LogP contribution >= 0.6 is 0 Å². The van der Waals surface area contributed by atoms with Crippen molar-refractivity contribution in [3.63, 3.8) is 0 Å². The van der Waals surface area contributed by atoms with Crippen LogP contribution in [0, 0.1) is 35.6 Å². The van der Waals surface area contributed by atoms with Gasteiger partial charge in [-0.25, -0.2) is 0 Å². The summed E-state index contributed by atoms with van der Waals surface area (Å²) in [6.07, 6.45) is 0. The smallest absolute Gasteiger partial charge is 0.870 e. The van der Waals surface area contributed by atoms with E-state index in [4.69, 9.17) is 0 Å². The van der Waals surface area contributed by atoms with E-state index in [1.54, 1.807) is 0 Å². The fourth-order valence-corrected chi connectivity index (χ4v) is 0. The molecule has 6 heavy (non-hydrogen) atoms. The van der Waals surface area contributed by atoms with Crippen molar-refractivity contribution < 1.29 is 76.4 Å². The molecule has 0 aromatic heterocycles. The van der Waals surface area contributed by atoms with Gasteiger partial charge in [-0.2, -0.15) is 0 Å². The molecule has 6 heteroatoms. The molecule has 0 aliphatic rings. The van der Waals surface area contributed by atoms with Crippen molar-refractivity contribution in [1.29, 1.82) is 0 Å². The molecule has 0 aliphatic heterocycles. The predicted octanol–water partition coefficient (Wildman–Crippen LogP) is -3.70. The molecule has 4 N–H and O–H groups in total. The average Bonchev–Trinajstić information content (AvgIpc) is 0. The molecule has 0 bridgehead atoms. The molecule has 4 nitrogen and oxygen atoms in total. The summed E-state index contributed by atoms with van der Waals surface area (Å²) in [6.45, 7) is 0. The Morgan fingerprint density at radius 2 is 0.500 bits per heavy atom. The average molecular weight is 214 g/mol. The molecule has 0 fully saturated rings. The zero-order valence-electron chi connectivity index (χ0n) is 3.37. The summed E-state index contributed by atoms with van der Waals surface area (Å²) in [5, 5.41) is 0. The Morgan fingerprint density at radius 1 is 0.500 bits per heavy atom. The van der Waals surface area contributed by atoms with Crippen LogP contribution in [0.3, 0.4) is 0 Å². The van der Waals surface area contributed by atoms with Gasteiger partial charge in [0.2, 0.25) is 0 Å². The van der Waals surface area contributed by atoms with E-state index in [0.29, 0.717) is 0 Å². The van der Waals surface area contributed by atoms with Crippen LogP contribution < -0.4 is 18.9 Å². The van der Waals surface area contributed by atoms with Gasteiger partial charge in [-0.1, -0.05) is 0 Å². The maximum absolute atomic E-state index is 0. The Hall–Kier alpha value is 1.63. The van der Waals surface area contributed by atoms with Crippen LogP contribution in [-0.2, 0) is 0 Å². The van der Waals surface area contributed by atoms with Crippen molar-refractivity contribution in [3.8, 4) is 0 Å². The fraction of sp³-hybridized carbons (Fsp3) is 0. The van der Waals surface area contributed by atoms with Gasteiger partial charge in [0, 0.05) is 0 Å². The molecule has 0 aromatic carbocycles. The van der Waals surface area contributed by atoms with Crippen LogP contribution in [0.2, 0.25) is 0 Å². The number of hydrogen-bond acceptors (Lipinski definition) is 4. The molecule has 0 spiro atoms. The maximum Gasteiger partial charge on any atom is 3.00 e. The van der Waals surface area contributed by atoms with Gasteiger partial charge in [0.25, 0.3) is 0 Å². The number of rotatable bonds is 0. The standard InChI is InChI=1S/La.Li.4H2O/h;;4*1H2/q+3;+1;;;;/p-4. The first-order chi connectivity index (χ1) is 0. The summed E-state index contributed by atoms with van der Waals surface area (Å²) >= 11 is 0. The largest absolute Gasteiger partial charge is 3.00 e. The Kier molecular flexibility index (Phi) is 1660. The second kappa shape index (κ2) is 79.0. The molecule has 0 heterocycles. The SMILES string of the molecule is [La+3].[Li+].[OH-].[OH-].[OH-].[OH-]. The third-order valence-electron chi connectivity index (χ3n) is 0. The third-order valence-corrected chi connectivity index (χ3v) is 0. The molecule has 32 valence electrons. The van der Waals surface area contributed by atoms with E-state index in [1.807, 2.05) is 0 Å². The van der Waals surface area contributed by atoms with E-state index in [9.17, 15) is 0 Å². The second-order valence-electron chi connectivity index (χ2n) is 0. The summed E-state index contributed by atoms with van der Waals surface area (Å²) in [4.78, 5) is 0. The summed E-state index contributed by atoms with van der Waals surface area (Å²) in [7, 11) is 0. The molecule has 0 saturated carbocycles. The Morgan fingerprint density at radius 3 is 0.500 bits per heavy atom. The third kappa shape index (κ3) is 45.4. The first-order valence-electron chi connectivity index (χ1n) is 0. The molecule has 0 atom stereocenters. The Labute approximate surface area is 75.7 Å². The van der Waals surface area contributed by atoms with Gasteiger partial charge >= 0.3 is 54.5 Å². The molecule has 0 unspecified atom stereocenters. The Balaban J connectivity index is 0. The number of hydrogen-bond donors (Lipinski definition) is 0. The van der Waals surface area contributed by atoms with Gasteiger partial charge in [-0.05, 0) is 0 Å². The minimum Gasteiger partial charge on any atom is -0.870 e. The molecule has 0 amide bonds. The molecule has 0 aliphatic carbocycles. The van der Waals surface area contributed by atoms with E-state index in [0.717, 1.165) is 0 Å². The predicted molar refractivity (Wildman–Crippen MR) is 7.74 cm³/mol. The molecule has 0 radical (unpaired) electrons. The maximum atomic E-state index is 0. The van der Waals surface area contributed by atoms with Crippen molar-refractivity contribution in [3.05, 3.63) is 0 Å². The van der Waals surface area contributed by atoms with Crippen LogP contribution in [0.5, 0.6) is 0 Å². The van der Waals surface area contributed by atoms with Crippen LogP contribution in [0.1, 0.15) is 0 Å². The summed E-state index contributed by atoms with van der Waals surface area (Å²) in [5.41, 5.74) is 0. The van der Waals surface area contributed by atoms with Gasteiger partial charge in [0.15, 0.2) is 0 Å². The minimum atomic E-state index is 0. The van der Waals surface area contributed by atoms with Gasteiger partial charge in [0.05, 0.1) is 0 Å².